The molecule has 0 saturated heterocycles. The fraction of sp³-hybridized carbons (Fsp3) is 0.714. The van der Waals surface area contributed by atoms with Gasteiger partial charge in [0, 0.05) is 5.41 Å². The van der Waals surface area contributed by atoms with Crippen LogP contribution in [0.25, 0.3) is 0 Å². The molecular weight excluding hydrogens is 148 g/mol. The molecule has 1 aliphatic heterocycles. The van der Waals surface area contributed by atoms with E-state index in [2.05, 4.69) is 0 Å². The first-order chi connectivity index (χ1) is 4.31. The van der Waals surface area contributed by atoms with Crippen LogP contribution in [0.15, 0.2) is 11.0 Å². The van der Waals surface area contributed by atoms with Crippen LogP contribution in [0.3, 0.4) is 0 Å². The molecule has 0 aromatic carbocycles. The summed E-state index contributed by atoms with van der Waals surface area (Å²) in [7, 11) is -2.78. The van der Waals surface area contributed by atoms with Crippen molar-refractivity contribution in [2.24, 2.45) is 5.41 Å². The molecule has 0 bridgehead atoms. The molecule has 0 amide bonds. The lowest BCUT2D eigenvalue weighted by atomic mass is 9.88. The van der Waals surface area contributed by atoms with Crippen molar-refractivity contribution in [1.29, 1.82) is 0 Å². The van der Waals surface area contributed by atoms with E-state index in [0.717, 1.165) is 5.57 Å². The summed E-state index contributed by atoms with van der Waals surface area (Å²) in [5.74, 6) is 0.260. The van der Waals surface area contributed by atoms with Crippen LogP contribution in [0.5, 0.6) is 0 Å². The molecule has 0 radical (unpaired) electrons. The molecule has 0 fully saturated rings. The van der Waals surface area contributed by atoms with Gasteiger partial charge in [-0.05, 0) is 11.0 Å². The Kier molecular flexibility index (Phi) is 1.44. The molecule has 0 unspecified atom stereocenters. The molecule has 58 valence electrons. The largest absolute Gasteiger partial charge is 0.224 e. The van der Waals surface area contributed by atoms with Crippen LogP contribution in [-0.4, -0.2) is 14.2 Å². The van der Waals surface area contributed by atoms with Crippen LogP contribution in [0.4, 0.5) is 0 Å². The lowest BCUT2D eigenvalue weighted by Gasteiger charge is -2.27. The van der Waals surface area contributed by atoms with Gasteiger partial charge in [0.25, 0.3) is 0 Å². The maximum atomic E-state index is 10.7. The maximum absolute atomic E-state index is 10.7. The third kappa shape index (κ3) is 1.40. The average Bonchev–Trinajstić information content (AvgIpc) is 1.56. The minimum Gasteiger partial charge on any atom is -0.224 e. The van der Waals surface area contributed by atoms with E-state index in [1.807, 2.05) is 20.8 Å². The monoisotopic (exact) mass is 160 g/mol. The lowest BCUT2D eigenvalue weighted by molar-refractivity contribution is 0.494. The minimum absolute atomic E-state index is 0.0331. The molecule has 1 heterocycles. The van der Waals surface area contributed by atoms with Crippen LogP contribution in [0.2, 0.25) is 0 Å². The molecule has 0 spiro atoms. The minimum atomic E-state index is -2.78. The molecule has 1 aliphatic rings. The fourth-order valence-corrected chi connectivity index (χ4v) is 2.41. The van der Waals surface area contributed by atoms with Gasteiger partial charge in [-0.2, -0.15) is 0 Å². The standard InChI is InChI=1S/C7H12O2S/c1-7(2,3)6-4-10(8,9)5-6/h4H,5H2,1-3H3. The molecule has 0 aliphatic carbocycles. The Balaban J connectivity index is 2.87. The smallest absolute Gasteiger partial charge is 0.175 e. The summed E-state index contributed by atoms with van der Waals surface area (Å²) in [6.45, 7) is 6.06. The Labute approximate surface area is 61.9 Å². The van der Waals surface area contributed by atoms with Gasteiger partial charge >= 0.3 is 0 Å². The Hall–Kier alpha value is -0.310. The third-order valence-corrected chi connectivity index (χ3v) is 3.00. The van der Waals surface area contributed by atoms with Gasteiger partial charge in [0.15, 0.2) is 9.84 Å². The fourth-order valence-electron chi connectivity index (χ4n) is 0.803. The van der Waals surface area contributed by atoms with Crippen LogP contribution >= 0.6 is 0 Å². The Morgan fingerprint density at radius 3 is 1.90 bits per heavy atom. The second-order valence-corrected chi connectivity index (χ2v) is 5.55. The zero-order valence-corrected chi connectivity index (χ0v) is 7.33. The van der Waals surface area contributed by atoms with E-state index in [-0.39, 0.29) is 11.2 Å². The molecule has 1 rings (SSSR count). The highest BCUT2D eigenvalue weighted by atomic mass is 32.2. The van der Waals surface area contributed by atoms with Crippen molar-refractivity contribution in [2.45, 2.75) is 20.8 Å². The SMILES string of the molecule is CC(C)(C)C1=CS(=O)(=O)C1. The predicted molar refractivity (Wildman–Crippen MR) is 41.3 cm³/mol. The van der Waals surface area contributed by atoms with Crippen molar-refractivity contribution in [3.05, 3.63) is 11.0 Å². The van der Waals surface area contributed by atoms with Gasteiger partial charge in [-0.3, -0.25) is 0 Å². The molecule has 3 heteroatoms. The van der Waals surface area contributed by atoms with Gasteiger partial charge in [0.1, 0.15) is 0 Å². The summed E-state index contributed by atoms with van der Waals surface area (Å²) in [5.41, 5.74) is 1.07. The first-order valence-corrected chi connectivity index (χ1v) is 4.97. The molecule has 0 aromatic rings. The second kappa shape index (κ2) is 1.84. The van der Waals surface area contributed by atoms with Crippen molar-refractivity contribution in [1.82, 2.24) is 0 Å². The van der Waals surface area contributed by atoms with Crippen molar-refractivity contribution in [3.63, 3.8) is 0 Å². The van der Waals surface area contributed by atoms with E-state index >= 15 is 0 Å². The van der Waals surface area contributed by atoms with Crippen LogP contribution in [0.1, 0.15) is 20.8 Å². The molecule has 0 aromatic heterocycles. The van der Waals surface area contributed by atoms with E-state index in [1.54, 1.807) is 0 Å². The van der Waals surface area contributed by atoms with Gasteiger partial charge in [-0.25, -0.2) is 8.42 Å². The Morgan fingerprint density at radius 1 is 1.40 bits per heavy atom. The van der Waals surface area contributed by atoms with Gasteiger partial charge in [0.05, 0.1) is 5.75 Å². The molecule has 2 nitrogen and oxygen atoms in total. The van der Waals surface area contributed by atoms with Crippen LogP contribution < -0.4 is 0 Å². The van der Waals surface area contributed by atoms with Gasteiger partial charge in [-0.1, -0.05) is 20.8 Å². The van der Waals surface area contributed by atoms with Crippen molar-refractivity contribution >= 4 is 9.84 Å². The molecular formula is C7H12O2S. The van der Waals surface area contributed by atoms with E-state index in [4.69, 9.17) is 0 Å². The Bertz CT molecular complexity index is 264. The molecule has 10 heavy (non-hydrogen) atoms. The summed E-state index contributed by atoms with van der Waals surface area (Å²) in [6.07, 6.45) is 0. The van der Waals surface area contributed by atoms with E-state index in [0.29, 0.717) is 0 Å². The van der Waals surface area contributed by atoms with Crippen LogP contribution in [-0.2, 0) is 9.84 Å². The summed E-state index contributed by atoms with van der Waals surface area (Å²) < 4.78 is 21.3. The van der Waals surface area contributed by atoms with E-state index in [1.165, 1.54) is 5.41 Å². The molecule has 0 N–H and O–H groups in total. The topological polar surface area (TPSA) is 34.1 Å². The summed E-state index contributed by atoms with van der Waals surface area (Å²) in [4.78, 5) is 0. The summed E-state index contributed by atoms with van der Waals surface area (Å²) in [5, 5.41) is 1.38. The van der Waals surface area contributed by atoms with Crippen LogP contribution in [0, 0.1) is 5.41 Å². The summed E-state index contributed by atoms with van der Waals surface area (Å²) >= 11 is 0. The quantitative estimate of drug-likeness (QED) is 0.536. The first kappa shape index (κ1) is 7.79. The van der Waals surface area contributed by atoms with E-state index < -0.39 is 9.84 Å². The van der Waals surface area contributed by atoms with Gasteiger partial charge < -0.3 is 0 Å². The van der Waals surface area contributed by atoms with Crippen molar-refractivity contribution in [2.75, 3.05) is 5.75 Å². The number of rotatable bonds is 0. The summed E-state index contributed by atoms with van der Waals surface area (Å²) in [6, 6.07) is 0. The molecule has 0 atom stereocenters. The highest BCUT2D eigenvalue weighted by Crippen LogP contribution is 2.33. The zero-order chi connectivity index (χ0) is 7.99. The van der Waals surface area contributed by atoms with Gasteiger partial charge in [0.2, 0.25) is 0 Å². The second-order valence-electron chi connectivity index (χ2n) is 3.70. The predicted octanol–water partition coefficient (Wildman–Crippen LogP) is 1.34. The normalized spacial score (nSPS) is 23.3. The van der Waals surface area contributed by atoms with E-state index in [9.17, 15) is 8.42 Å². The average molecular weight is 160 g/mol. The van der Waals surface area contributed by atoms with Crippen molar-refractivity contribution in [3.8, 4) is 0 Å². The zero-order valence-electron chi connectivity index (χ0n) is 6.51. The number of hydrogen-bond acceptors (Lipinski definition) is 2. The first-order valence-electron chi connectivity index (χ1n) is 3.25. The molecule has 0 saturated carbocycles. The van der Waals surface area contributed by atoms with Gasteiger partial charge in [-0.15, -0.1) is 0 Å². The lowest BCUT2D eigenvalue weighted by Crippen LogP contribution is -2.26. The van der Waals surface area contributed by atoms with Crippen molar-refractivity contribution < 1.29 is 8.42 Å². The third-order valence-electron chi connectivity index (χ3n) is 1.64. The Morgan fingerprint density at radius 2 is 1.80 bits per heavy atom. The highest BCUT2D eigenvalue weighted by molar-refractivity contribution is 7.95. The highest BCUT2D eigenvalue weighted by Gasteiger charge is 2.30. The number of sulfone groups is 1. The maximum Gasteiger partial charge on any atom is 0.175 e. The number of hydrogen-bond donors (Lipinski definition) is 0.